The maximum absolute atomic E-state index is 12.0. The van der Waals surface area contributed by atoms with Crippen molar-refractivity contribution in [2.75, 3.05) is 6.61 Å². The summed E-state index contributed by atoms with van der Waals surface area (Å²) in [4.78, 5) is 30.4. The smallest absolute Gasteiger partial charge is 0.356 e. The van der Waals surface area contributed by atoms with Crippen LogP contribution in [-0.4, -0.2) is 33.8 Å². The zero-order valence-corrected chi connectivity index (χ0v) is 13.8. The lowest BCUT2D eigenvalue weighted by atomic mass is 10.2. The molecule has 1 unspecified atom stereocenters. The van der Waals surface area contributed by atoms with Crippen LogP contribution >= 0.6 is 11.8 Å². The fourth-order valence-corrected chi connectivity index (χ4v) is 2.52. The topological polar surface area (TPSA) is 81.3 Å². The number of hydrogen-bond donors (Lipinski definition) is 1. The van der Waals surface area contributed by atoms with E-state index >= 15 is 0 Å². The van der Waals surface area contributed by atoms with Gasteiger partial charge < -0.3 is 14.5 Å². The van der Waals surface area contributed by atoms with E-state index in [-0.39, 0.29) is 18.3 Å². The fraction of sp³-hybridized carbons (Fsp3) is 0.312. The first-order valence-electron chi connectivity index (χ1n) is 7.19. The SMILES string of the molecule is CCOC(=O)c1cnc(SC(C)C(=O)OCc2ccccc2)[nH]1. The van der Waals surface area contributed by atoms with Crippen LogP contribution in [0.5, 0.6) is 0 Å². The molecule has 7 heteroatoms. The van der Waals surface area contributed by atoms with Crippen LogP contribution in [0.25, 0.3) is 0 Å². The van der Waals surface area contributed by atoms with E-state index in [0.29, 0.717) is 11.8 Å². The molecule has 0 amide bonds. The quantitative estimate of drug-likeness (QED) is 0.619. The highest BCUT2D eigenvalue weighted by Gasteiger charge is 2.19. The Balaban J connectivity index is 1.85. The zero-order chi connectivity index (χ0) is 16.7. The Hall–Kier alpha value is -2.28. The predicted molar refractivity (Wildman–Crippen MR) is 86.1 cm³/mol. The molecule has 0 radical (unpaired) electrons. The number of H-pyrrole nitrogens is 1. The molecule has 122 valence electrons. The number of aromatic amines is 1. The van der Waals surface area contributed by atoms with Crippen LogP contribution in [0, 0.1) is 0 Å². The van der Waals surface area contributed by atoms with Gasteiger partial charge in [-0.15, -0.1) is 0 Å². The first-order chi connectivity index (χ1) is 11.1. The Bertz CT molecular complexity index is 657. The number of ether oxygens (including phenoxy) is 2. The molecule has 1 aromatic carbocycles. The first kappa shape index (κ1) is 17.1. The van der Waals surface area contributed by atoms with Crippen molar-refractivity contribution < 1.29 is 19.1 Å². The van der Waals surface area contributed by atoms with Crippen molar-refractivity contribution in [3.63, 3.8) is 0 Å². The van der Waals surface area contributed by atoms with Gasteiger partial charge in [0.1, 0.15) is 17.6 Å². The number of hydrogen-bond acceptors (Lipinski definition) is 6. The van der Waals surface area contributed by atoms with Gasteiger partial charge in [0.25, 0.3) is 0 Å². The monoisotopic (exact) mass is 334 g/mol. The average molecular weight is 334 g/mol. The molecule has 0 aliphatic carbocycles. The molecule has 0 saturated carbocycles. The van der Waals surface area contributed by atoms with E-state index in [1.165, 1.54) is 18.0 Å². The molecule has 0 spiro atoms. The highest BCUT2D eigenvalue weighted by atomic mass is 32.2. The summed E-state index contributed by atoms with van der Waals surface area (Å²) in [7, 11) is 0. The van der Waals surface area contributed by atoms with Gasteiger partial charge in [-0.2, -0.15) is 0 Å². The van der Waals surface area contributed by atoms with Gasteiger partial charge in [0, 0.05) is 0 Å². The summed E-state index contributed by atoms with van der Waals surface area (Å²) in [5, 5.41) is 0.0251. The van der Waals surface area contributed by atoms with Gasteiger partial charge in [-0.3, -0.25) is 4.79 Å². The van der Waals surface area contributed by atoms with E-state index in [2.05, 4.69) is 9.97 Å². The van der Waals surface area contributed by atoms with Crippen LogP contribution in [0.3, 0.4) is 0 Å². The van der Waals surface area contributed by atoms with Crippen molar-refractivity contribution in [3.05, 3.63) is 47.8 Å². The van der Waals surface area contributed by atoms with Crippen molar-refractivity contribution >= 4 is 23.7 Å². The molecule has 2 aromatic rings. The molecular weight excluding hydrogens is 316 g/mol. The maximum Gasteiger partial charge on any atom is 0.356 e. The normalized spacial score (nSPS) is 11.7. The molecule has 1 heterocycles. The minimum atomic E-state index is -0.467. The van der Waals surface area contributed by atoms with E-state index in [4.69, 9.17) is 9.47 Å². The third-order valence-electron chi connectivity index (χ3n) is 2.89. The number of esters is 2. The van der Waals surface area contributed by atoms with Crippen LogP contribution < -0.4 is 0 Å². The number of nitrogens with one attached hydrogen (secondary N) is 1. The minimum Gasteiger partial charge on any atom is -0.461 e. The van der Waals surface area contributed by atoms with E-state index in [9.17, 15) is 9.59 Å². The molecule has 0 aliphatic rings. The molecule has 0 fully saturated rings. The van der Waals surface area contributed by atoms with Crippen molar-refractivity contribution in [2.45, 2.75) is 30.9 Å². The second-order valence-corrected chi connectivity index (χ2v) is 6.01. The van der Waals surface area contributed by atoms with Crippen LogP contribution in [-0.2, 0) is 20.9 Å². The minimum absolute atomic E-state index is 0.233. The molecule has 2 rings (SSSR count). The van der Waals surface area contributed by atoms with Crippen molar-refractivity contribution in [3.8, 4) is 0 Å². The Morgan fingerprint density at radius 3 is 2.70 bits per heavy atom. The maximum atomic E-state index is 12.0. The van der Waals surface area contributed by atoms with Crippen molar-refractivity contribution in [2.24, 2.45) is 0 Å². The first-order valence-corrected chi connectivity index (χ1v) is 8.07. The number of nitrogens with zero attached hydrogens (tertiary/aromatic N) is 1. The van der Waals surface area contributed by atoms with Crippen molar-refractivity contribution in [1.29, 1.82) is 0 Å². The number of aromatic nitrogens is 2. The van der Waals surface area contributed by atoms with E-state index in [0.717, 1.165) is 5.56 Å². The third-order valence-corrected chi connectivity index (χ3v) is 3.87. The highest BCUT2D eigenvalue weighted by molar-refractivity contribution is 8.00. The van der Waals surface area contributed by atoms with Crippen LogP contribution in [0.4, 0.5) is 0 Å². The fourth-order valence-electron chi connectivity index (χ4n) is 1.74. The summed E-state index contributed by atoms with van der Waals surface area (Å²) >= 11 is 1.19. The molecule has 0 aliphatic heterocycles. The van der Waals surface area contributed by atoms with Crippen LogP contribution in [0.2, 0.25) is 0 Å². The second-order valence-electron chi connectivity index (χ2n) is 4.68. The van der Waals surface area contributed by atoms with E-state index < -0.39 is 11.2 Å². The zero-order valence-electron chi connectivity index (χ0n) is 12.9. The summed E-state index contributed by atoms with van der Waals surface area (Å²) in [5.41, 5.74) is 1.19. The molecule has 1 aromatic heterocycles. The van der Waals surface area contributed by atoms with Gasteiger partial charge in [-0.25, -0.2) is 9.78 Å². The molecule has 6 nitrogen and oxygen atoms in total. The third kappa shape index (κ3) is 5.14. The van der Waals surface area contributed by atoms with Gasteiger partial charge in [-0.05, 0) is 19.4 Å². The Morgan fingerprint density at radius 1 is 1.26 bits per heavy atom. The number of rotatable bonds is 7. The van der Waals surface area contributed by atoms with Gasteiger partial charge in [0.2, 0.25) is 0 Å². The Morgan fingerprint density at radius 2 is 2.00 bits per heavy atom. The highest BCUT2D eigenvalue weighted by Crippen LogP contribution is 2.21. The summed E-state index contributed by atoms with van der Waals surface area (Å²) in [5.74, 6) is -0.806. The van der Waals surface area contributed by atoms with E-state index in [1.807, 2.05) is 30.3 Å². The molecule has 23 heavy (non-hydrogen) atoms. The Kier molecular flexibility index (Phi) is 6.22. The number of carbonyl (C=O) groups is 2. The number of thioether (sulfide) groups is 1. The molecule has 0 saturated heterocycles. The van der Waals surface area contributed by atoms with Gasteiger partial charge in [0.15, 0.2) is 5.16 Å². The summed E-state index contributed by atoms with van der Waals surface area (Å²) in [6, 6.07) is 9.47. The Labute approximate surface area is 138 Å². The number of imidazole rings is 1. The molecular formula is C16H18N2O4S. The number of benzene rings is 1. The van der Waals surface area contributed by atoms with Crippen LogP contribution in [0.15, 0.2) is 41.7 Å². The standard InChI is InChI=1S/C16H18N2O4S/c1-3-21-15(20)13-9-17-16(18-13)23-11(2)14(19)22-10-12-7-5-4-6-8-12/h4-9,11H,3,10H2,1-2H3,(H,17,18). The van der Waals surface area contributed by atoms with Crippen LogP contribution in [0.1, 0.15) is 29.9 Å². The van der Waals surface area contributed by atoms with Gasteiger partial charge in [-0.1, -0.05) is 42.1 Å². The molecule has 1 atom stereocenters. The number of carbonyl (C=O) groups excluding carboxylic acids is 2. The van der Waals surface area contributed by atoms with Crippen molar-refractivity contribution in [1.82, 2.24) is 9.97 Å². The molecule has 1 N–H and O–H groups in total. The molecule has 0 bridgehead atoms. The summed E-state index contributed by atoms with van der Waals surface area (Å²) in [6.45, 7) is 3.98. The summed E-state index contributed by atoms with van der Waals surface area (Å²) in [6.07, 6.45) is 1.39. The lowest BCUT2D eigenvalue weighted by Gasteiger charge is -2.09. The largest absolute Gasteiger partial charge is 0.461 e. The lowest BCUT2D eigenvalue weighted by molar-refractivity contribution is -0.143. The van der Waals surface area contributed by atoms with E-state index in [1.54, 1.807) is 13.8 Å². The van der Waals surface area contributed by atoms with Gasteiger partial charge in [0.05, 0.1) is 12.8 Å². The predicted octanol–water partition coefficient (Wildman–Crippen LogP) is 2.81. The van der Waals surface area contributed by atoms with Gasteiger partial charge >= 0.3 is 11.9 Å². The average Bonchev–Trinajstić information content (AvgIpc) is 3.02. The second kappa shape index (κ2) is 8.38. The lowest BCUT2D eigenvalue weighted by Crippen LogP contribution is -2.17. The summed E-state index contributed by atoms with van der Waals surface area (Å²) < 4.78 is 10.1.